The molecule has 1 N–H and O–H groups in total. The quantitative estimate of drug-likeness (QED) is 0.661. The number of phenols is 1. The molecule has 1 heteroatoms. The van der Waals surface area contributed by atoms with Crippen molar-refractivity contribution in [3.8, 4) is 5.75 Å². The van der Waals surface area contributed by atoms with E-state index in [0.717, 1.165) is 0 Å². The lowest BCUT2D eigenvalue weighted by Gasteiger charge is -2.28. The molecule has 1 aliphatic rings. The van der Waals surface area contributed by atoms with E-state index in [4.69, 9.17) is 0 Å². The molecule has 0 amide bonds. The molecule has 76 valence electrons. The van der Waals surface area contributed by atoms with Crippen molar-refractivity contribution in [2.45, 2.75) is 45.4 Å². The zero-order valence-corrected chi connectivity index (χ0v) is 9.17. The molecule has 0 saturated heterocycles. The van der Waals surface area contributed by atoms with E-state index in [1.165, 1.54) is 29.5 Å². The SMILES string of the molecule is Cc1cc(O)c2c(c1)C(C)CCC2C. The van der Waals surface area contributed by atoms with Crippen LogP contribution < -0.4 is 0 Å². The summed E-state index contributed by atoms with van der Waals surface area (Å²) in [7, 11) is 0. The van der Waals surface area contributed by atoms with Crippen molar-refractivity contribution in [1.82, 2.24) is 0 Å². The summed E-state index contributed by atoms with van der Waals surface area (Å²) in [6.07, 6.45) is 2.45. The van der Waals surface area contributed by atoms with Crippen LogP contribution in [0.5, 0.6) is 5.75 Å². The first-order valence-corrected chi connectivity index (χ1v) is 5.43. The Labute approximate surface area is 85.8 Å². The van der Waals surface area contributed by atoms with Gasteiger partial charge in [-0.3, -0.25) is 0 Å². The zero-order valence-electron chi connectivity index (χ0n) is 9.17. The van der Waals surface area contributed by atoms with Crippen molar-refractivity contribution in [3.63, 3.8) is 0 Å². The molecule has 1 aliphatic carbocycles. The minimum absolute atomic E-state index is 0.499. The zero-order chi connectivity index (χ0) is 10.3. The van der Waals surface area contributed by atoms with Gasteiger partial charge in [-0.25, -0.2) is 0 Å². The van der Waals surface area contributed by atoms with E-state index >= 15 is 0 Å². The van der Waals surface area contributed by atoms with Crippen molar-refractivity contribution in [2.24, 2.45) is 0 Å². The number of benzene rings is 1. The predicted octanol–water partition coefficient (Wildman–Crippen LogP) is 3.70. The first kappa shape index (κ1) is 9.57. The highest BCUT2D eigenvalue weighted by molar-refractivity contribution is 5.47. The predicted molar refractivity (Wildman–Crippen MR) is 58.9 cm³/mol. The smallest absolute Gasteiger partial charge is 0.119 e. The number of fused-ring (bicyclic) bond motifs is 1. The second kappa shape index (κ2) is 3.30. The average molecular weight is 190 g/mol. The summed E-state index contributed by atoms with van der Waals surface area (Å²) in [4.78, 5) is 0. The lowest BCUT2D eigenvalue weighted by Crippen LogP contribution is -2.11. The van der Waals surface area contributed by atoms with Gasteiger partial charge >= 0.3 is 0 Å². The first-order chi connectivity index (χ1) is 6.59. The van der Waals surface area contributed by atoms with E-state index in [0.29, 0.717) is 17.6 Å². The molecule has 0 radical (unpaired) electrons. The van der Waals surface area contributed by atoms with Crippen LogP contribution in [0.25, 0.3) is 0 Å². The van der Waals surface area contributed by atoms with Crippen LogP contribution in [0.1, 0.15) is 55.2 Å². The molecule has 0 spiro atoms. The highest BCUT2D eigenvalue weighted by Crippen LogP contribution is 2.43. The van der Waals surface area contributed by atoms with Crippen molar-refractivity contribution in [1.29, 1.82) is 0 Å². The van der Waals surface area contributed by atoms with Gasteiger partial charge in [0.2, 0.25) is 0 Å². The Morgan fingerprint density at radius 2 is 1.79 bits per heavy atom. The van der Waals surface area contributed by atoms with Crippen LogP contribution in [0.15, 0.2) is 12.1 Å². The van der Waals surface area contributed by atoms with E-state index < -0.39 is 0 Å². The van der Waals surface area contributed by atoms with Gasteiger partial charge in [-0.2, -0.15) is 0 Å². The second-order valence-electron chi connectivity index (χ2n) is 4.67. The Bertz CT molecular complexity index is 354. The molecule has 0 aliphatic heterocycles. The Balaban J connectivity index is 2.60. The largest absolute Gasteiger partial charge is 0.508 e. The molecule has 2 rings (SSSR count). The third-order valence-corrected chi connectivity index (χ3v) is 3.39. The van der Waals surface area contributed by atoms with Crippen LogP contribution in [-0.2, 0) is 0 Å². The Morgan fingerprint density at radius 3 is 2.50 bits per heavy atom. The normalized spacial score (nSPS) is 25.9. The lowest BCUT2D eigenvalue weighted by molar-refractivity contribution is 0.441. The number of aryl methyl sites for hydroxylation is 1. The number of rotatable bonds is 0. The summed E-state index contributed by atoms with van der Waals surface area (Å²) in [6.45, 7) is 6.51. The lowest BCUT2D eigenvalue weighted by atomic mass is 9.77. The van der Waals surface area contributed by atoms with Gasteiger partial charge < -0.3 is 5.11 Å². The first-order valence-electron chi connectivity index (χ1n) is 5.43. The Hall–Kier alpha value is -0.980. The highest BCUT2D eigenvalue weighted by Gasteiger charge is 2.24. The molecule has 2 atom stereocenters. The van der Waals surface area contributed by atoms with Crippen LogP contribution >= 0.6 is 0 Å². The van der Waals surface area contributed by atoms with E-state index in [1.807, 2.05) is 13.0 Å². The Morgan fingerprint density at radius 1 is 1.14 bits per heavy atom. The third-order valence-electron chi connectivity index (χ3n) is 3.39. The summed E-state index contributed by atoms with van der Waals surface area (Å²) in [5.74, 6) is 1.62. The molecule has 0 saturated carbocycles. The number of aromatic hydroxyl groups is 1. The number of hydrogen-bond acceptors (Lipinski definition) is 1. The van der Waals surface area contributed by atoms with Crippen LogP contribution in [0.2, 0.25) is 0 Å². The number of phenolic OH excluding ortho intramolecular Hbond substituents is 1. The maximum atomic E-state index is 9.93. The van der Waals surface area contributed by atoms with Gasteiger partial charge in [0.1, 0.15) is 5.75 Å². The van der Waals surface area contributed by atoms with Crippen molar-refractivity contribution in [2.75, 3.05) is 0 Å². The van der Waals surface area contributed by atoms with E-state index in [1.54, 1.807) is 0 Å². The molecular weight excluding hydrogens is 172 g/mol. The Kier molecular flexibility index (Phi) is 2.26. The van der Waals surface area contributed by atoms with Gasteiger partial charge in [0.15, 0.2) is 0 Å². The molecular formula is C13H18O. The molecule has 1 aromatic rings. The van der Waals surface area contributed by atoms with Gasteiger partial charge in [-0.1, -0.05) is 19.9 Å². The highest BCUT2D eigenvalue weighted by atomic mass is 16.3. The molecule has 0 heterocycles. The van der Waals surface area contributed by atoms with Crippen LogP contribution in [-0.4, -0.2) is 5.11 Å². The summed E-state index contributed by atoms with van der Waals surface area (Å²) < 4.78 is 0. The van der Waals surface area contributed by atoms with Gasteiger partial charge in [-0.05, 0) is 48.8 Å². The fourth-order valence-corrected chi connectivity index (χ4v) is 2.55. The van der Waals surface area contributed by atoms with Gasteiger partial charge in [0.25, 0.3) is 0 Å². The van der Waals surface area contributed by atoms with Crippen molar-refractivity contribution < 1.29 is 5.11 Å². The summed E-state index contributed by atoms with van der Waals surface area (Å²) >= 11 is 0. The molecule has 0 aromatic heterocycles. The van der Waals surface area contributed by atoms with Crippen molar-refractivity contribution >= 4 is 0 Å². The van der Waals surface area contributed by atoms with Crippen molar-refractivity contribution in [3.05, 3.63) is 28.8 Å². The minimum atomic E-state index is 0.499. The standard InChI is InChI=1S/C13H18O/c1-8-6-11-9(2)4-5-10(3)13(11)12(14)7-8/h6-7,9-10,14H,4-5H2,1-3H3. The topological polar surface area (TPSA) is 20.2 Å². The maximum Gasteiger partial charge on any atom is 0.119 e. The minimum Gasteiger partial charge on any atom is -0.508 e. The van der Waals surface area contributed by atoms with Gasteiger partial charge in [0.05, 0.1) is 0 Å². The van der Waals surface area contributed by atoms with Crippen LogP contribution in [0.4, 0.5) is 0 Å². The maximum absolute atomic E-state index is 9.93. The molecule has 0 bridgehead atoms. The molecule has 0 fully saturated rings. The van der Waals surface area contributed by atoms with Gasteiger partial charge in [-0.15, -0.1) is 0 Å². The van der Waals surface area contributed by atoms with Crippen LogP contribution in [0.3, 0.4) is 0 Å². The van der Waals surface area contributed by atoms with Crippen LogP contribution in [0, 0.1) is 6.92 Å². The molecule has 14 heavy (non-hydrogen) atoms. The summed E-state index contributed by atoms with van der Waals surface area (Å²) in [5.41, 5.74) is 3.72. The third kappa shape index (κ3) is 1.41. The number of hydrogen-bond donors (Lipinski definition) is 1. The average Bonchev–Trinajstić information content (AvgIpc) is 2.10. The summed E-state index contributed by atoms with van der Waals surface area (Å²) in [5, 5.41) is 9.93. The van der Waals surface area contributed by atoms with Gasteiger partial charge in [0, 0.05) is 5.56 Å². The fourth-order valence-electron chi connectivity index (χ4n) is 2.55. The fraction of sp³-hybridized carbons (Fsp3) is 0.538. The van der Waals surface area contributed by atoms with E-state index in [2.05, 4.69) is 19.9 Å². The second-order valence-corrected chi connectivity index (χ2v) is 4.67. The monoisotopic (exact) mass is 190 g/mol. The molecule has 1 nitrogen and oxygen atoms in total. The van der Waals surface area contributed by atoms with E-state index in [-0.39, 0.29) is 0 Å². The summed E-state index contributed by atoms with van der Waals surface area (Å²) in [6, 6.07) is 4.11. The molecule has 2 unspecified atom stereocenters. The molecule has 1 aromatic carbocycles. The van der Waals surface area contributed by atoms with E-state index in [9.17, 15) is 5.11 Å².